The number of hydrogen-bond acceptors (Lipinski definition) is 6. The zero-order valence-electron chi connectivity index (χ0n) is 17.6. The van der Waals surface area contributed by atoms with Gasteiger partial charge in [0.05, 0.1) is 11.5 Å². The van der Waals surface area contributed by atoms with Gasteiger partial charge in [-0.1, -0.05) is 0 Å². The van der Waals surface area contributed by atoms with Crippen LogP contribution in [0, 0.1) is 0 Å². The minimum absolute atomic E-state index is 0.0283. The Morgan fingerprint density at radius 3 is 2.59 bits per heavy atom. The molecule has 3 heterocycles. The normalized spacial score (nSPS) is 17.2. The lowest BCUT2D eigenvalue weighted by atomic mass is 9.97. The van der Waals surface area contributed by atoms with Crippen molar-refractivity contribution in [2.24, 2.45) is 0 Å². The molecule has 0 unspecified atom stereocenters. The van der Waals surface area contributed by atoms with E-state index in [0.29, 0.717) is 32.7 Å². The molecule has 8 heteroatoms. The smallest absolute Gasteiger partial charge is 0.263 e. The second-order valence-corrected chi connectivity index (χ2v) is 9.16. The van der Waals surface area contributed by atoms with E-state index >= 15 is 0 Å². The Labute approximate surface area is 175 Å². The van der Waals surface area contributed by atoms with E-state index < -0.39 is 0 Å². The second kappa shape index (κ2) is 8.44. The number of amides is 1. The van der Waals surface area contributed by atoms with Crippen LogP contribution in [0.4, 0.5) is 5.95 Å². The van der Waals surface area contributed by atoms with Crippen molar-refractivity contribution < 1.29 is 9.53 Å². The third-order valence-electron chi connectivity index (χ3n) is 5.83. The largest absolute Gasteiger partial charge is 0.369 e. The molecule has 1 amide bonds. The van der Waals surface area contributed by atoms with Crippen LogP contribution in [-0.4, -0.2) is 59.2 Å². The number of rotatable bonds is 5. The molecule has 0 spiro atoms. The number of fused-ring (bicyclic) bond motifs is 3. The molecule has 29 heavy (non-hydrogen) atoms. The van der Waals surface area contributed by atoms with Crippen molar-refractivity contribution in [3.05, 3.63) is 20.8 Å². The lowest BCUT2D eigenvalue weighted by Gasteiger charge is -2.36. The van der Waals surface area contributed by atoms with E-state index in [0.717, 1.165) is 35.4 Å². The molecule has 0 saturated carbocycles. The highest BCUT2D eigenvalue weighted by atomic mass is 32.1. The molecule has 1 saturated heterocycles. The Balaban J connectivity index is 1.57. The first kappa shape index (κ1) is 20.3. The number of thiophene rings is 1. The summed E-state index contributed by atoms with van der Waals surface area (Å²) in [7, 11) is 0. The fourth-order valence-corrected chi connectivity index (χ4v) is 5.49. The van der Waals surface area contributed by atoms with Gasteiger partial charge in [0.2, 0.25) is 11.9 Å². The highest BCUT2D eigenvalue weighted by molar-refractivity contribution is 7.18. The van der Waals surface area contributed by atoms with E-state index in [4.69, 9.17) is 9.72 Å². The molecule has 2 aromatic heterocycles. The number of carbonyl (C=O) groups excluding carboxylic acids is 1. The number of aryl methyl sites for hydroxylation is 2. The summed E-state index contributed by atoms with van der Waals surface area (Å²) in [5.74, 6) is 0.773. The van der Waals surface area contributed by atoms with E-state index in [9.17, 15) is 9.59 Å². The molecule has 1 aliphatic heterocycles. The van der Waals surface area contributed by atoms with E-state index in [1.54, 1.807) is 11.3 Å². The average Bonchev–Trinajstić information content (AvgIpc) is 3.10. The van der Waals surface area contributed by atoms with Crippen molar-refractivity contribution in [3.8, 4) is 0 Å². The number of anilines is 1. The first-order chi connectivity index (χ1) is 14.0. The summed E-state index contributed by atoms with van der Waals surface area (Å²) in [5, 5.41) is 0.843. The van der Waals surface area contributed by atoms with Gasteiger partial charge in [0.15, 0.2) is 0 Å². The fraction of sp³-hybridized carbons (Fsp3) is 0.667. The molecule has 0 aromatic carbocycles. The molecule has 2 aromatic rings. The van der Waals surface area contributed by atoms with Gasteiger partial charge >= 0.3 is 0 Å². The van der Waals surface area contributed by atoms with Crippen LogP contribution in [0.5, 0.6) is 0 Å². The molecule has 1 fully saturated rings. The predicted molar refractivity (Wildman–Crippen MR) is 116 cm³/mol. The molecule has 158 valence electrons. The number of carbonyl (C=O) groups is 1. The van der Waals surface area contributed by atoms with E-state index in [2.05, 4.69) is 4.90 Å². The summed E-state index contributed by atoms with van der Waals surface area (Å²) in [6.45, 7) is 9.19. The fourth-order valence-electron chi connectivity index (χ4n) is 4.24. The van der Waals surface area contributed by atoms with Crippen molar-refractivity contribution in [1.82, 2.24) is 14.5 Å². The van der Waals surface area contributed by atoms with Crippen LogP contribution in [0.2, 0.25) is 0 Å². The van der Waals surface area contributed by atoms with Gasteiger partial charge < -0.3 is 14.5 Å². The third-order valence-corrected chi connectivity index (χ3v) is 7.01. The molecular formula is C21H30N4O3S. The highest BCUT2D eigenvalue weighted by Gasteiger charge is 2.27. The number of aromatic nitrogens is 2. The zero-order chi connectivity index (χ0) is 20.5. The molecule has 0 bridgehead atoms. The summed E-state index contributed by atoms with van der Waals surface area (Å²) in [6, 6.07) is 0. The quantitative estimate of drug-likeness (QED) is 0.746. The topological polar surface area (TPSA) is 67.7 Å². The minimum Gasteiger partial charge on any atom is -0.369 e. The van der Waals surface area contributed by atoms with Crippen LogP contribution < -0.4 is 10.5 Å². The minimum atomic E-state index is 0.0283. The van der Waals surface area contributed by atoms with Crippen LogP contribution in [0.25, 0.3) is 10.2 Å². The Bertz CT molecular complexity index is 957. The SMILES string of the molecule is CCn1c(N2CCN(C(=O)COC(C)C)CC2)nc2sc3c(c2c1=O)CCCC3. The van der Waals surface area contributed by atoms with Gasteiger partial charge in [0.1, 0.15) is 11.4 Å². The zero-order valence-corrected chi connectivity index (χ0v) is 18.4. The number of nitrogens with zero attached hydrogens (tertiary/aromatic N) is 4. The Hall–Kier alpha value is -1.93. The van der Waals surface area contributed by atoms with Gasteiger partial charge in [-0.05, 0) is 52.0 Å². The van der Waals surface area contributed by atoms with Crippen molar-refractivity contribution in [2.45, 2.75) is 59.1 Å². The monoisotopic (exact) mass is 418 g/mol. The maximum absolute atomic E-state index is 13.3. The summed E-state index contributed by atoms with van der Waals surface area (Å²) in [5.41, 5.74) is 1.33. The van der Waals surface area contributed by atoms with E-state index in [1.165, 1.54) is 16.9 Å². The van der Waals surface area contributed by atoms with E-state index in [-0.39, 0.29) is 24.2 Å². The number of hydrogen-bond donors (Lipinski definition) is 0. The Morgan fingerprint density at radius 1 is 1.17 bits per heavy atom. The summed E-state index contributed by atoms with van der Waals surface area (Å²) < 4.78 is 7.26. The molecule has 4 rings (SSSR count). The molecule has 7 nitrogen and oxygen atoms in total. The Morgan fingerprint density at radius 2 is 1.90 bits per heavy atom. The van der Waals surface area contributed by atoms with Crippen molar-refractivity contribution in [2.75, 3.05) is 37.7 Å². The van der Waals surface area contributed by atoms with Crippen LogP contribution in [0.3, 0.4) is 0 Å². The van der Waals surface area contributed by atoms with Gasteiger partial charge in [-0.15, -0.1) is 11.3 Å². The molecular weight excluding hydrogens is 388 g/mol. The lowest BCUT2D eigenvalue weighted by Crippen LogP contribution is -2.51. The maximum atomic E-state index is 13.3. The van der Waals surface area contributed by atoms with Gasteiger partial charge in [0.25, 0.3) is 5.56 Å². The average molecular weight is 419 g/mol. The van der Waals surface area contributed by atoms with Gasteiger partial charge in [-0.3, -0.25) is 14.2 Å². The van der Waals surface area contributed by atoms with Gasteiger partial charge in [-0.25, -0.2) is 4.98 Å². The van der Waals surface area contributed by atoms with Crippen molar-refractivity contribution in [3.63, 3.8) is 0 Å². The van der Waals surface area contributed by atoms with Crippen LogP contribution >= 0.6 is 11.3 Å². The number of ether oxygens (including phenoxy) is 1. The maximum Gasteiger partial charge on any atom is 0.263 e. The lowest BCUT2D eigenvalue weighted by molar-refractivity contribution is -0.137. The van der Waals surface area contributed by atoms with Crippen LogP contribution in [-0.2, 0) is 28.9 Å². The van der Waals surface area contributed by atoms with Crippen LogP contribution in [0.15, 0.2) is 4.79 Å². The van der Waals surface area contributed by atoms with Gasteiger partial charge in [-0.2, -0.15) is 0 Å². The first-order valence-corrected chi connectivity index (χ1v) is 11.5. The molecule has 1 aliphatic carbocycles. The molecule has 0 N–H and O–H groups in total. The second-order valence-electron chi connectivity index (χ2n) is 8.08. The predicted octanol–water partition coefficient (Wildman–Crippen LogP) is 2.43. The standard InChI is InChI=1S/C21H30N4O3S/c1-4-25-20(27)18-15-7-5-6-8-16(15)29-19(18)22-21(25)24-11-9-23(10-12-24)17(26)13-28-14(2)3/h14H,4-13H2,1-3H3. The van der Waals surface area contributed by atoms with E-state index in [1.807, 2.05) is 30.2 Å². The third kappa shape index (κ3) is 3.92. The Kier molecular flexibility index (Phi) is 5.92. The molecule has 0 atom stereocenters. The molecule has 2 aliphatic rings. The summed E-state index contributed by atoms with van der Waals surface area (Å²) in [6.07, 6.45) is 4.46. The first-order valence-electron chi connectivity index (χ1n) is 10.7. The van der Waals surface area contributed by atoms with Crippen molar-refractivity contribution >= 4 is 33.4 Å². The van der Waals surface area contributed by atoms with Gasteiger partial charge in [0, 0.05) is 37.6 Å². The highest BCUT2D eigenvalue weighted by Crippen LogP contribution is 2.34. The molecule has 0 radical (unpaired) electrons. The summed E-state index contributed by atoms with van der Waals surface area (Å²) >= 11 is 1.69. The summed E-state index contributed by atoms with van der Waals surface area (Å²) in [4.78, 5) is 36.8. The van der Waals surface area contributed by atoms with Crippen molar-refractivity contribution in [1.29, 1.82) is 0 Å². The van der Waals surface area contributed by atoms with Crippen LogP contribution in [0.1, 0.15) is 44.1 Å². The number of piperazine rings is 1.